The molecule has 6 heteroatoms. The van der Waals surface area contributed by atoms with E-state index in [1.807, 2.05) is 36.6 Å². The van der Waals surface area contributed by atoms with Crippen molar-refractivity contribution in [2.24, 2.45) is 0 Å². The summed E-state index contributed by atoms with van der Waals surface area (Å²) >= 11 is 1.32. The van der Waals surface area contributed by atoms with Crippen LogP contribution >= 0.6 is 11.3 Å². The molecule has 0 aliphatic carbocycles. The summed E-state index contributed by atoms with van der Waals surface area (Å²) in [5.41, 5.74) is 2.49. The summed E-state index contributed by atoms with van der Waals surface area (Å²) < 4.78 is 0. The smallest absolute Gasteiger partial charge is 0.262 e. The van der Waals surface area contributed by atoms with Crippen molar-refractivity contribution in [3.63, 3.8) is 0 Å². The molecule has 1 aromatic heterocycles. The second-order valence-corrected chi connectivity index (χ2v) is 7.13. The molecule has 1 heterocycles. The highest BCUT2D eigenvalue weighted by molar-refractivity contribution is 7.12. The van der Waals surface area contributed by atoms with Crippen molar-refractivity contribution in [3.05, 3.63) is 82.0 Å². The van der Waals surface area contributed by atoms with Crippen LogP contribution in [0.25, 0.3) is 0 Å². The first-order chi connectivity index (χ1) is 13.0. The Balaban J connectivity index is 1.79. The standard InChI is InChI=1S/C21H20N2O3S/c1-14-5-2-3-6-17(14)22-20(25)18(13-15-8-10-16(24)11-9-15)23-21(26)19-7-4-12-27-19/h2-12,18,24H,13H2,1H3,(H,22,25)(H,23,26). The van der Waals surface area contributed by atoms with Gasteiger partial charge in [-0.1, -0.05) is 36.4 Å². The maximum Gasteiger partial charge on any atom is 0.262 e. The van der Waals surface area contributed by atoms with Crippen LogP contribution in [0.1, 0.15) is 20.8 Å². The van der Waals surface area contributed by atoms with Crippen LogP contribution in [0.5, 0.6) is 5.75 Å². The fraction of sp³-hybridized carbons (Fsp3) is 0.143. The van der Waals surface area contributed by atoms with Crippen LogP contribution in [-0.2, 0) is 11.2 Å². The highest BCUT2D eigenvalue weighted by Gasteiger charge is 2.23. The van der Waals surface area contributed by atoms with Crippen molar-refractivity contribution in [1.82, 2.24) is 5.32 Å². The lowest BCUT2D eigenvalue weighted by atomic mass is 10.0. The van der Waals surface area contributed by atoms with Gasteiger partial charge >= 0.3 is 0 Å². The second kappa shape index (κ2) is 8.51. The number of aromatic hydroxyl groups is 1. The molecule has 3 N–H and O–H groups in total. The first kappa shape index (κ1) is 18.7. The van der Waals surface area contributed by atoms with Gasteiger partial charge in [-0.3, -0.25) is 9.59 Å². The van der Waals surface area contributed by atoms with Crippen molar-refractivity contribution in [3.8, 4) is 5.75 Å². The molecule has 0 aliphatic heterocycles. The second-order valence-electron chi connectivity index (χ2n) is 6.18. The summed E-state index contributed by atoms with van der Waals surface area (Å²) in [5, 5.41) is 17.0. The minimum Gasteiger partial charge on any atom is -0.508 e. The fourth-order valence-corrected chi connectivity index (χ4v) is 3.27. The number of hydrogen-bond acceptors (Lipinski definition) is 4. The lowest BCUT2D eigenvalue weighted by Gasteiger charge is -2.19. The number of anilines is 1. The fourth-order valence-electron chi connectivity index (χ4n) is 2.65. The van der Waals surface area contributed by atoms with E-state index in [1.165, 1.54) is 11.3 Å². The van der Waals surface area contributed by atoms with E-state index in [-0.39, 0.29) is 17.6 Å². The summed E-state index contributed by atoms with van der Waals surface area (Å²) in [6.45, 7) is 1.91. The highest BCUT2D eigenvalue weighted by Crippen LogP contribution is 2.16. The van der Waals surface area contributed by atoms with Crippen LogP contribution in [0.4, 0.5) is 5.69 Å². The van der Waals surface area contributed by atoms with Crippen LogP contribution < -0.4 is 10.6 Å². The zero-order chi connectivity index (χ0) is 19.2. The van der Waals surface area contributed by atoms with E-state index in [1.54, 1.807) is 36.4 Å². The molecule has 5 nitrogen and oxygen atoms in total. The van der Waals surface area contributed by atoms with Crippen molar-refractivity contribution in [1.29, 1.82) is 0 Å². The molecule has 0 fully saturated rings. The molecular weight excluding hydrogens is 360 g/mol. The average molecular weight is 380 g/mol. The first-order valence-corrected chi connectivity index (χ1v) is 9.39. The van der Waals surface area contributed by atoms with Crippen LogP contribution in [0.3, 0.4) is 0 Å². The Kier molecular flexibility index (Phi) is 5.88. The molecule has 3 rings (SSSR count). The predicted octanol–water partition coefficient (Wildman–Crippen LogP) is 3.74. The number of rotatable bonds is 6. The Labute approximate surface area is 161 Å². The summed E-state index contributed by atoms with van der Waals surface area (Å²) in [4.78, 5) is 25.9. The topological polar surface area (TPSA) is 78.4 Å². The molecule has 27 heavy (non-hydrogen) atoms. The van der Waals surface area contributed by atoms with E-state index in [4.69, 9.17) is 0 Å². The van der Waals surface area contributed by atoms with Crippen molar-refractivity contribution < 1.29 is 14.7 Å². The van der Waals surface area contributed by atoms with Gasteiger partial charge in [0.1, 0.15) is 11.8 Å². The predicted molar refractivity (Wildman–Crippen MR) is 107 cm³/mol. The van der Waals surface area contributed by atoms with Gasteiger partial charge in [0.25, 0.3) is 5.91 Å². The van der Waals surface area contributed by atoms with E-state index < -0.39 is 6.04 Å². The van der Waals surface area contributed by atoms with Crippen LogP contribution in [0, 0.1) is 6.92 Å². The molecule has 0 saturated heterocycles. The molecule has 0 saturated carbocycles. The van der Waals surface area contributed by atoms with Gasteiger partial charge in [0.2, 0.25) is 5.91 Å². The van der Waals surface area contributed by atoms with Gasteiger partial charge < -0.3 is 15.7 Å². The number of para-hydroxylation sites is 1. The molecule has 2 amide bonds. The quantitative estimate of drug-likeness (QED) is 0.609. The molecule has 0 bridgehead atoms. The monoisotopic (exact) mass is 380 g/mol. The number of phenols is 1. The van der Waals surface area contributed by atoms with Gasteiger partial charge in [0.05, 0.1) is 4.88 Å². The largest absolute Gasteiger partial charge is 0.508 e. The SMILES string of the molecule is Cc1ccccc1NC(=O)C(Cc1ccc(O)cc1)NC(=O)c1cccs1. The van der Waals surface area contributed by atoms with E-state index >= 15 is 0 Å². The van der Waals surface area contributed by atoms with Crippen molar-refractivity contribution >= 4 is 28.8 Å². The molecule has 0 aliphatic rings. The minimum absolute atomic E-state index is 0.155. The number of phenolic OH excluding ortho intramolecular Hbond substituents is 1. The number of thiophene rings is 1. The maximum absolute atomic E-state index is 12.9. The Morgan fingerprint density at radius 1 is 1.04 bits per heavy atom. The third-order valence-corrected chi connectivity index (χ3v) is 5.01. The number of amides is 2. The minimum atomic E-state index is -0.747. The maximum atomic E-state index is 12.9. The number of carbonyl (C=O) groups is 2. The third-order valence-electron chi connectivity index (χ3n) is 4.15. The summed E-state index contributed by atoms with van der Waals surface area (Å²) in [6.07, 6.45) is 0.315. The van der Waals surface area contributed by atoms with Crippen LogP contribution in [0.15, 0.2) is 66.0 Å². The summed E-state index contributed by atoms with van der Waals surface area (Å²) in [6, 6.07) is 16.9. The van der Waals surface area contributed by atoms with Crippen molar-refractivity contribution in [2.45, 2.75) is 19.4 Å². The Morgan fingerprint density at radius 3 is 2.44 bits per heavy atom. The number of carbonyl (C=O) groups excluding carboxylic acids is 2. The molecule has 0 radical (unpaired) electrons. The zero-order valence-electron chi connectivity index (χ0n) is 14.8. The molecule has 2 aromatic carbocycles. The van der Waals surface area contributed by atoms with Gasteiger partial charge in [-0.25, -0.2) is 0 Å². The van der Waals surface area contributed by atoms with Crippen molar-refractivity contribution in [2.75, 3.05) is 5.32 Å². The Hall–Kier alpha value is -3.12. The number of aryl methyl sites for hydroxylation is 1. The molecule has 1 atom stereocenters. The highest BCUT2D eigenvalue weighted by atomic mass is 32.1. The van der Waals surface area contributed by atoms with E-state index in [2.05, 4.69) is 10.6 Å². The number of hydrogen-bond donors (Lipinski definition) is 3. The Morgan fingerprint density at radius 2 is 1.78 bits per heavy atom. The summed E-state index contributed by atoms with van der Waals surface area (Å²) in [5.74, 6) is -0.418. The normalized spacial score (nSPS) is 11.6. The van der Waals surface area contributed by atoms with Gasteiger partial charge in [0.15, 0.2) is 0 Å². The lowest BCUT2D eigenvalue weighted by molar-refractivity contribution is -0.118. The van der Waals surface area contributed by atoms with E-state index in [0.29, 0.717) is 17.0 Å². The van der Waals surface area contributed by atoms with Crippen LogP contribution in [0.2, 0.25) is 0 Å². The molecule has 138 valence electrons. The third kappa shape index (κ3) is 4.95. The van der Waals surface area contributed by atoms with Gasteiger partial charge in [-0.2, -0.15) is 0 Å². The van der Waals surface area contributed by atoms with Crippen LogP contribution in [-0.4, -0.2) is 23.0 Å². The van der Waals surface area contributed by atoms with Gasteiger partial charge in [0, 0.05) is 12.1 Å². The van der Waals surface area contributed by atoms with E-state index in [9.17, 15) is 14.7 Å². The number of nitrogens with one attached hydrogen (secondary N) is 2. The number of benzene rings is 2. The molecular formula is C21H20N2O3S. The van der Waals surface area contributed by atoms with Gasteiger partial charge in [-0.15, -0.1) is 11.3 Å². The molecule has 0 spiro atoms. The van der Waals surface area contributed by atoms with E-state index in [0.717, 1.165) is 11.1 Å². The summed E-state index contributed by atoms with van der Waals surface area (Å²) in [7, 11) is 0. The first-order valence-electron chi connectivity index (χ1n) is 8.51. The lowest BCUT2D eigenvalue weighted by Crippen LogP contribution is -2.45. The van der Waals surface area contributed by atoms with Gasteiger partial charge in [-0.05, 0) is 47.7 Å². The average Bonchev–Trinajstić information content (AvgIpc) is 3.19. The molecule has 3 aromatic rings. The zero-order valence-corrected chi connectivity index (χ0v) is 15.6. The Bertz CT molecular complexity index is 921. The molecule has 1 unspecified atom stereocenters.